The molecular formula is C14H12ClN3O. The number of hydrogen-bond acceptors (Lipinski definition) is 4. The van der Waals surface area contributed by atoms with Gasteiger partial charge >= 0.3 is 0 Å². The lowest BCUT2D eigenvalue weighted by molar-refractivity contribution is 0.378. The molecule has 2 aromatic heterocycles. The highest BCUT2D eigenvalue weighted by Crippen LogP contribution is 2.21. The van der Waals surface area contributed by atoms with Crippen LogP contribution >= 0.6 is 11.6 Å². The van der Waals surface area contributed by atoms with E-state index in [-0.39, 0.29) is 0 Å². The van der Waals surface area contributed by atoms with Crippen LogP contribution in [0.3, 0.4) is 0 Å². The number of benzene rings is 1. The maximum Gasteiger partial charge on any atom is 0.227 e. The van der Waals surface area contributed by atoms with Crippen molar-refractivity contribution >= 4 is 22.5 Å². The largest absolute Gasteiger partial charge is 0.339 e. The van der Waals surface area contributed by atoms with Gasteiger partial charge in [0.05, 0.1) is 5.52 Å². The molecule has 0 aliphatic heterocycles. The van der Waals surface area contributed by atoms with Gasteiger partial charge in [-0.3, -0.25) is 4.98 Å². The van der Waals surface area contributed by atoms with Crippen molar-refractivity contribution in [1.82, 2.24) is 15.1 Å². The molecule has 0 saturated heterocycles. The molecule has 0 aliphatic carbocycles. The minimum atomic E-state index is 0.597. The van der Waals surface area contributed by atoms with E-state index in [1.165, 1.54) is 0 Å². The Morgan fingerprint density at radius 1 is 1.21 bits per heavy atom. The first kappa shape index (κ1) is 12.1. The lowest BCUT2D eigenvalue weighted by atomic mass is 10.1. The molecule has 0 radical (unpaired) electrons. The fourth-order valence-electron chi connectivity index (χ4n) is 1.91. The Kier molecular flexibility index (Phi) is 3.42. The molecule has 0 N–H and O–H groups in total. The fraction of sp³-hybridized carbons (Fsp3) is 0.214. The van der Waals surface area contributed by atoms with E-state index < -0.39 is 0 Å². The fourth-order valence-corrected chi connectivity index (χ4v) is 2.04. The molecule has 4 nitrogen and oxygen atoms in total. The average molecular weight is 274 g/mol. The first-order valence-electron chi connectivity index (χ1n) is 6.10. The zero-order valence-corrected chi connectivity index (χ0v) is 11.0. The molecular weight excluding hydrogens is 262 g/mol. The summed E-state index contributed by atoms with van der Waals surface area (Å²) in [5.74, 6) is 1.83. The Hall–Kier alpha value is -1.94. The van der Waals surface area contributed by atoms with Crippen molar-refractivity contribution in [3.63, 3.8) is 0 Å². The zero-order chi connectivity index (χ0) is 13.1. The van der Waals surface area contributed by atoms with Crippen LogP contribution in [-0.4, -0.2) is 21.0 Å². The van der Waals surface area contributed by atoms with Crippen LogP contribution in [0.5, 0.6) is 0 Å². The van der Waals surface area contributed by atoms with Gasteiger partial charge in [0.15, 0.2) is 0 Å². The monoisotopic (exact) mass is 273 g/mol. The van der Waals surface area contributed by atoms with Gasteiger partial charge in [-0.15, -0.1) is 11.6 Å². The normalized spacial score (nSPS) is 11.0. The molecule has 0 saturated carbocycles. The lowest BCUT2D eigenvalue weighted by Gasteiger charge is -1.98. The Balaban J connectivity index is 1.92. The molecule has 0 bridgehead atoms. The van der Waals surface area contributed by atoms with Gasteiger partial charge in [0.2, 0.25) is 11.7 Å². The summed E-state index contributed by atoms with van der Waals surface area (Å²) in [6.45, 7) is 0. The van der Waals surface area contributed by atoms with Crippen LogP contribution in [0.15, 0.2) is 41.1 Å². The quantitative estimate of drug-likeness (QED) is 0.683. The molecule has 3 rings (SSSR count). The molecule has 0 atom stereocenters. The summed E-state index contributed by atoms with van der Waals surface area (Å²) in [5.41, 5.74) is 1.89. The summed E-state index contributed by atoms with van der Waals surface area (Å²) < 4.78 is 5.20. The number of aryl methyl sites for hydroxylation is 1. The number of rotatable bonds is 4. The van der Waals surface area contributed by atoms with Crippen molar-refractivity contribution in [2.45, 2.75) is 12.8 Å². The van der Waals surface area contributed by atoms with E-state index >= 15 is 0 Å². The van der Waals surface area contributed by atoms with E-state index in [4.69, 9.17) is 16.1 Å². The Morgan fingerprint density at radius 3 is 3.05 bits per heavy atom. The van der Waals surface area contributed by atoms with E-state index in [0.717, 1.165) is 22.9 Å². The molecule has 1 aromatic carbocycles. The van der Waals surface area contributed by atoms with Crippen molar-refractivity contribution in [3.8, 4) is 11.4 Å². The number of alkyl halides is 1. The van der Waals surface area contributed by atoms with E-state index in [0.29, 0.717) is 24.0 Å². The van der Waals surface area contributed by atoms with Gasteiger partial charge in [-0.2, -0.15) is 4.98 Å². The second-order valence-corrected chi connectivity index (χ2v) is 4.59. The second-order valence-electron chi connectivity index (χ2n) is 4.22. The van der Waals surface area contributed by atoms with Gasteiger partial charge in [-0.1, -0.05) is 11.2 Å². The Bertz CT molecular complexity index is 696. The van der Waals surface area contributed by atoms with Crippen molar-refractivity contribution < 1.29 is 4.52 Å². The predicted molar refractivity (Wildman–Crippen MR) is 74.1 cm³/mol. The van der Waals surface area contributed by atoms with Gasteiger partial charge in [-0.05, 0) is 30.7 Å². The van der Waals surface area contributed by atoms with E-state index in [1.807, 2.05) is 30.3 Å². The van der Waals surface area contributed by atoms with Crippen LogP contribution in [0, 0.1) is 0 Å². The van der Waals surface area contributed by atoms with Gasteiger partial charge < -0.3 is 4.52 Å². The molecule has 0 unspecified atom stereocenters. The van der Waals surface area contributed by atoms with Gasteiger partial charge in [0, 0.05) is 29.4 Å². The molecule has 2 heterocycles. The summed E-state index contributed by atoms with van der Waals surface area (Å²) in [7, 11) is 0. The number of hydrogen-bond donors (Lipinski definition) is 0. The molecule has 0 fully saturated rings. The predicted octanol–water partition coefficient (Wildman–Crippen LogP) is 3.46. The third-order valence-electron chi connectivity index (χ3n) is 2.85. The molecule has 5 heteroatoms. The molecule has 0 aliphatic rings. The number of aromatic nitrogens is 3. The molecule has 0 spiro atoms. The van der Waals surface area contributed by atoms with Crippen molar-refractivity contribution in [1.29, 1.82) is 0 Å². The second kappa shape index (κ2) is 5.36. The lowest BCUT2D eigenvalue weighted by Crippen LogP contribution is -1.87. The van der Waals surface area contributed by atoms with E-state index in [9.17, 15) is 0 Å². The number of pyridine rings is 1. The van der Waals surface area contributed by atoms with E-state index in [1.54, 1.807) is 6.20 Å². The summed E-state index contributed by atoms with van der Waals surface area (Å²) >= 11 is 5.64. The zero-order valence-electron chi connectivity index (χ0n) is 10.2. The third kappa shape index (κ3) is 2.58. The maximum atomic E-state index is 5.64. The maximum absolute atomic E-state index is 5.64. The molecule has 3 aromatic rings. The van der Waals surface area contributed by atoms with Gasteiger partial charge in [-0.25, -0.2) is 0 Å². The molecule has 0 amide bonds. The molecule has 96 valence electrons. The van der Waals surface area contributed by atoms with Crippen LogP contribution < -0.4 is 0 Å². The topological polar surface area (TPSA) is 51.8 Å². The van der Waals surface area contributed by atoms with Gasteiger partial charge in [0.25, 0.3) is 0 Å². The minimum absolute atomic E-state index is 0.597. The summed E-state index contributed by atoms with van der Waals surface area (Å²) in [6.07, 6.45) is 3.33. The van der Waals surface area contributed by atoms with Crippen LogP contribution in [-0.2, 0) is 6.42 Å². The highest BCUT2D eigenvalue weighted by molar-refractivity contribution is 6.17. The van der Waals surface area contributed by atoms with Crippen LogP contribution in [0.1, 0.15) is 12.3 Å². The first-order valence-corrected chi connectivity index (χ1v) is 6.64. The highest BCUT2D eigenvalue weighted by Gasteiger charge is 2.08. The third-order valence-corrected chi connectivity index (χ3v) is 3.12. The summed E-state index contributed by atoms with van der Waals surface area (Å²) in [6, 6.07) is 9.85. The average Bonchev–Trinajstić information content (AvgIpc) is 2.93. The standard InChI is InChI=1S/C14H12ClN3O/c15-7-1-4-13-17-14(18-19-13)11-5-6-12-10(9-11)3-2-8-16-12/h2-3,5-6,8-9H,1,4,7H2. The first-order chi connectivity index (χ1) is 9.36. The van der Waals surface area contributed by atoms with Gasteiger partial charge in [0.1, 0.15) is 0 Å². The van der Waals surface area contributed by atoms with Crippen LogP contribution in [0.2, 0.25) is 0 Å². The summed E-state index contributed by atoms with van der Waals surface area (Å²) in [4.78, 5) is 8.65. The molecule has 19 heavy (non-hydrogen) atoms. The van der Waals surface area contributed by atoms with Crippen molar-refractivity contribution in [2.75, 3.05) is 5.88 Å². The highest BCUT2D eigenvalue weighted by atomic mass is 35.5. The SMILES string of the molecule is ClCCCc1nc(-c2ccc3ncccc3c2)no1. The van der Waals surface area contributed by atoms with Crippen molar-refractivity contribution in [2.24, 2.45) is 0 Å². The van der Waals surface area contributed by atoms with E-state index in [2.05, 4.69) is 15.1 Å². The van der Waals surface area contributed by atoms with Crippen LogP contribution in [0.25, 0.3) is 22.3 Å². The van der Waals surface area contributed by atoms with Crippen molar-refractivity contribution in [3.05, 3.63) is 42.4 Å². The van der Waals surface area contributed by atoms with Crippen LogP contribution in [0.4, 0.5) is 0 Å². The Morgan fingerprint density at radius 2 is 2.16 bits per heavy atom. The smallest absolute Gasteiger partial charge is 0.227 e. The number of nitrogens with zero attached hydrogens (tertiary/aromatic N) is 3. The number of fused-ring (bicyclic) bond motifs is 1. The summed E-state index contributed by atoms with van der Waals surface area (Å²) in [5, 5.41) is 5.06. The number of halogens is 1. The Labute approximate surface area is 115 Å². The minimum Gasteiger partial charge on any atom is -0.339 e.